The molecule has 3 rings (SSSR count). The molecule has 2 aromatic carbocycles. The minimum Gasteiger partial charge on any atom is -0.369 e. The van der Waals surface area contributed by atoms with Gasteiger partial charge in [-0.2, -0.15) is 0 Å². The number of nitrogens with zero attached hydrogens (tertiary/aromatic N) is 2. The van der Waals surface area contributed by atoms with Crippen molar-refractivity contribution in [1.29, 1.82) is 0 Å². The molecule has 150 valence electrons. The van der Waals surface area contributed by atoms with Gasteiger partial charge in [0.15, 0.2) is 0 Å². The normalized spacial score (nSPS) is 16.1. The number of carbonyl (C=O) groups is 1. The Morgan fingerprint density at radius 2 is 1.89 bits per heavy atom. The van der Waals surface area contributed by atoms with Crippen molar-refractivity contribution in [3.63, 3.8) is 0 Å². The molecule has 1 aliphatic rings. The summed E-state index contributed by atoms with van der Waals surface area (Å²) in [5.41, 5.74) is 2.17. The molecule has 1 N–H and O–H groups in total. The van der Waals surface area contributed by atoms with Crippen LogP contribution in [0.4, 0.5) is 10.1 Å². The number of thioether (sulfide) groups is 1. The molecule has 2 aromatic rings. The number of nitrogens with one attached hydrogen (secondary N) is 1. The number of piperazine rings is 1. The van der Waals surface area contributed by atoms with Crippen LogP contribution in [0, 0.1) is 5.82 Å². The summed E-state index contributed by atoms with van der Waals surface area (Å²) in [5, 5.41) is 3.39. The summed E-state index contributed by atoms with van der Waals surface area (Å²) < 4.78 is 14.0. The van der Waals surface area contributed by atoms with E-state index >= 15 is 0 Å². The lowest BCUT2D eigenvalue weighted by Crippen LogP contribution is -2.45. The zero-order valence-corrected chi connectivity index (χ0v) is 17.9. The molecule has 1 heterocycles. The second-order valence-electron chi connectivity index (χ2n) is 7.03. The number of halogens is 2. The number of hydrogen-bond donors (Lipinski definition) is 1. The number of hydrogen-bond acceptors (Lipinski definition) is 4. The number of carbonyl (C=O) groups excluding carboxylic acids is 1. The Hall–Kier alpha value is -1.76. The van der Waals surface area contributed by atoms with Crippen LogP contribution in [0.2, 0.25) is 5.02 Å². The molecule has 28 heavy (non-hydrogen) atoms. The lowest BCUT2D eigenvalue weighted by Gasteiger charge is -2.36. The van der Waals surface area contributed by atoms with Crippen molar-refractivity contribution in [2.75, 3.05) is 44.4 Å². The molecule has 0 radical (unpaired) electrons. The molecule has 1 unspecified atom stereocenters. The first-order chi connectivity index (χ1) is 13.4. The smallest absolute Gasteiger partial charge is 0.253 e. The molecule has 0 aromatic heterocycles. The summed E-state index contributed by atoms with van der Waals surface area (Å²) >= 11 is 7.78. The standard InChI is InChI=1S/C21H25ClFN3OS/c1-14(24-21(27)18-13-16(28-3)5-6-19(18)22)17-12-15(23)4-7-20(17)26-10-8-25(2)9-11-26/h4-7,12-14H,8-11H2,1-3H3,(H,24,27). The summed E-state index contributed by atoms with van der Waals surface area (Å²) in [4.78, 5) is 18.3. The lowest BCUT2D eigenvalue weighted by atomic mass is 10.0. The van der Waals surface area contributed by atoms with E-state index < -0.39 is 0 Å². The molecule has 4 nitrogen and oxygen atoms in total. The Morgan fingerprint density at radius 1 is 1.18 bits per heavy atom. The first-order valence-electron chi connectivity index (χ1n) is 9.26. The largest absolute Gasteiger partial charge is 0.369 e. The highest BCUT2D eigenvalue weighted by Gasteiger charge is 2.22. The van der Waals surface area contributed by atoms with E-state index in [9.17, 15) is 9.18 Å². The van der Waals surface area contributed by atoms with Gasteiger partial charge in [-0.05, 0) is 56.6 Å². The van der Waals surface area contributed by atoms with Gasteiger partial charge in [-0.25, -0.2) is 4.39 Å². The summed E-state index contributed by atoms with van der Waals surface area (Å²) in [7, 11) is 2.10. The zero-order valence-electron chi connectivity index (χ0n) is 16.3. The molecule has 0 bridgehead atoms. The second kappa shape index (κ2) is 9.16. The number of amides is 1. The molecule has 0 saturated carbocycles. The number of anilines is 1. The SMILES string of the molecule is CSc1ccc(Cl)c(C(=O)NC(C)c2cc(F)ccc2N2CCN(C)CC2)c1. The van der Waals surface area contributed by atoms with Crippen molar-refractivity contribution < 1.29 is 9.18 Å². The maximum atomic E-state index is 14.0. The third kappa shape index (κ3) is 4.80. The van der Waals surface area contributed by atoms with Crippen molar-refractivity contribution in [2.45, 2.75) is 17.9 Å². The Labute approximate surface area is 175 Å². The number of likely N-dealkylation sites (N-methyl/N-ethyl adjacent to an activating group) is 1. The van der Waals surface area contributed by atoms with E-state index in [4.69, 9.17) is 11.6 Å². The second-order valence-corrected chi connectivity index (χ2v) is 8.32. The summed E-state index contributed by atoms with van der Waals surface area (Å²) in [6, 6.07) is 9.83. The van der Waals surface area contributed by atoms with Gasteiger partial charge in [0.05, 0.1) is 16.6 Å². The molecular formula is C21H25ClFN3OS. The third-order valence-electron chi connectivity index (χ3n) is 5.07. The van der Waals surface area contributed by atoms with Gasteiger partial charge < -0.3 is 15.1 Å². The van der Waals surface area contributed by atoms with Crippen molar-refractivity contribution in [2.24, 2.45) is 0 Å². The summed E-state index contributed by atoms with van der Waals surface area (Å²) in [5.74, 6) is -0.571. The molecule has 1 amide bonds. The lowest BCUT2D eigenvalue weighted by molar-refractivity contribution is 0.0940. The Kier molecular flexibility index (Phi) is 6.86. The van der Waals surface area contributed by atoms with Crippen molar-refractivity contribution >= 4 is 35.0 Å². The Morgan fingerprint density at radius 3 is 2.57 bits per heavy atom. The van der Waals surface area contributed by atoms with Gasteiger partial charge in [0.2, 0.25) is 0 Å². The van der Waals surface area contributed by atoms with E-state index in [-0.39, 0.29) is 17.8 Å². The molecule has 1 saturated heterocycles. The van der Waals surface area contributed by atoms with Crippen LogP contribution >= 0.6 is 23.4 Å². The first-order valence-corrected chi connectivity index (χ1v) is 10.9. The van der Waals surface area contributed by atoms with Crippen LogP contribution in [0.25, 0.3) is 0 Å². The van der Waals surface area contributed by atoms with E-state index in [1.54, 1.807) is 30.0 Å². The van der Waals surface area contributed by atoms with Crippen LogP contribution in [0.15, 0.2) is 41.3 Å². The van der Waals surface area contributed by atoms with Crippen LogP contribution in [0.5, 0.6) is 0 Å². The Balaban J connectivity index is 1.83. The highest BCUT2D eigenvalue weighted by atomic mass is 35.5. The fourth-order valence-electron chi connectivity index (χ4n) is 3.37. The summed E-state index contributed by atoms with van der Waals surface area (Å²) in [6.45, 7) is 5.52. The molecular weight excluding hydrogens is 397 g/mol. The van der Waals surface area contributed by atoms with Gasteiger partial charge in [-0.1, -0.05) is 11.6 Å². The minimum absolute atomic E-state index is 0.262. The third-order valence-corrected chi connectivity index (χ3v) is 6.12. The Bertz CT molecular complexity index is 856. The van der Waals surface area contributed by atoms with E-state index in [1.807, 2.05) is 19.2 Å². The van der Waals surface area contributed by atoms with E-state index in [0.29, 0.717) is 10.6 Å². The zero-order chi connectivity index (χ0) is 20.3. The molecule has 1 aliphatic heterocycles. The van der Waals surface area contributed by atoms with E-state index in [0.717, 1.165) is 42.3 Å². The van der Waals surface area contributed by atoms with Crippen molar-refractivity contribution in [3.05, 3.63) is 58.4 Å². The molecule has 1 fully saturated rings. The van der Waals surface area contributed by atoms with Gasteiger partial charge in [-0.3, -0.25) is 4.79 Å². The predicted molar refractivity (Wildman–Crippen MR) is 115 cm³/mol. The quantitative estimate of drug-likeness (QED) is 0.724. The first kappa shape index (κ1) is 21.0. The molecule has 0 aliphatic carbocycles. The molecule has 7 heteroatoms. The molecule has 0 spiro atoms. The monoisotopic (exact) mass is 421 g/mol. The van der Waals surface area contributed by atoms with Gasteiger partial charge >= 0.3 is 0 Å². The van der Waals surface area contributed by atoms with Gasteiger partial charge in [0.25, 0.3) is 5.91 Å². The van der Waals surface area contributed by atoms with Crippen LogP contribution < -0.4 is 10.2 Å². The predicted octanol–water partition coefficient (Wildman–Crippen LogP) is 4.44. The summed E-state index contributed by atoms with van der Waals surface area (Å²) in [6.07, 6.45) is 1.95. The maximum Gasteiger partial charge on any atom is 0.253 e. The topological polar surface area (TPSA) is 35.6 Å². The average molecular weight is 422 g/mol. The molecule has 1 atom stereocenters. The van der Waals surface area contributed by atoms with E-state index in [1.165, 1.54) is 12.1 Å². The highest BCUT2D eigenvalue weighted by molar-refractivity contribution is 7.98. The maximum absolute atomic E-state index is 14.0. The fraction of sp³-hybridized carbons (Fsp3) is 0.381. The average Bonchev–Trinajstić information content (AvgIpc) is 2.69. The highest BCUT2D eigenvalue weighted by Crippen LogP contribution is 2.29. The number of rotatable bonds is 5. The van der Waals surface area contributed by atoms with Crippen LogP contribution in [-0.2, 0) is 0 Å². The van der Waals surface area contributed by atoms with Crippen molar-refractivity contribution in [1.82, 2.24) is 10.2 Å². The van der Waals surface area contributed by atoms with Crippen LogP contribution in [-0.4, -0.2) is 50.3 Å². The number of benzene rings is 2. The van der Waals surface area contributed by atoms with E-state index in [2.05, 4.69) is 22.2 Å². The van der Waals surface area contributed by atoms with Gasteiger partial charge in [0, 0.05) is 42.3 Å². The van der Waals surface area contributed by atoms with Crippen LogP contribution in [0.3, 0.4) is 0 Å². The van der Waals surface area contributed by atoms with Gasteiger partial charge in [0.1, 0.15) is 5.82 Å². The minimum atomic E-state index is -0.355. The van der Waals surface area contributed by atoms with Crippen LogP contribution in [0.1, 0.15) is 28.9 Å². The fourth-order valence-corrected chi connectivity index (χ4v) is 4.01. The van der Waals surface area contributed by atoms with Gasteiger partial charge in [-0.15, -0.1) is 11.8 Å². The van der Waals surface area contributed by atoms with Crippen molar-refractivity contribution in [3.8, 4) is 0 Å².